The van der Waals surface area contributed by atoms with Crippen molar-refractivity contribution in [3.63, 3.8) is 0 Å². The molecule has 0 aliphatic carbocycles. The first-order chi connectivity index (χ1) is 5.65. The van der Waals surface area contributed by atoms with Crippen molar-refractivity contribution < 1.29 is 9.60 Å². The van der Waals surface area contributed by atoms with Crippen LogP contribution in [-0.2, 0) is 0 Å². The second-order valence-corrected chi connectivity index (χ2v) is 3.00. The second kappa shape index (κ2) is 3.54. The Balaban J connectivity index is 3.11. The summed E-state index contributed by atoms with van der Waals surface area (Å²) in [5, 5.41) is 8.68. The van der Waals surface area contributed by atoms with Crippen molar-refractivity contribution in [2.45, 2.75) is 19.8 Å². The predicted molar refractivity (Wildman–Crippen MR) is 45.9 cm³/mol. The van der Waals surface area contributed by atoms with Crippen LogP contribution in [0.5, 0.6) is 0 Å². The summed E-state index contributed by atoms with van der Waals surface area (Å²) in [5.41, 5.74) is 3.31. The second-order valence-electron chi connectivity index (χ2n) is 3.00. The lowest BCUT2D eigenvalue weighted by molar-refractivity contribution is 0.387. The lowest BCUT2D eigenvalue weighted by atomic mass is 10.0. The van der Waals surface area contributed by atoms with Gasteiger partial charge >= 0.3 is 0 Å². The molecule has 1 rings (SSSR count). The van der Waals surface area contributed by atoms with E-state index >= 15 is 0 Å². The number of benzene rings is 1. The van der Waals surface area contributed by atoms with Gasteiger partial charge in [-0.05, 0) is 23.6 Å². The van der Waals surface area contributed by atoms with E-state index in [-0.39, 0.29) is 11.7 Å². The molecule has 0 heterocycles. The SMILES string of the molecule is CC(C)c1ccc(F)cc1NO. The quantitative estimate of drug-likeness (QED) is 0.667. The number of hydrogen-bond donors (Lipinski definition) is 2. The minimum Gasteiger partial charge on any atom is -0.291 e. The zero-order valence-electron chi connectivity index (χ0n) is 7.13. The van der Waals surface area contributed by atoms with Crippen molar-refractivity contribution in [3.05, 3.63) is 29.6 Å². The number of hydrogen-bond acceptors (Lipinski definition) is 2. The monoisotopic (exact) mass is 169 g/mol. The van der Waals surface area contributed by atoms with Crippen LogP contribution in [0.25, 0.3) is 0 Å². The fraction of sp³-hybridized carbons (Fsp3) is 0.333. The van der Waals surface area contributed by atoms with Gasteiger partial charge < -0.3 is 0 Å². The molecular weight excluding hydrogens is 157 g/mol. The third kappa shape index (κ3) is 1.74. The molecule has 0 aromatic heterocycles. The maximum absolute atomic E-state index is 12.6. The van der Waals surface area contributed by atoms with Gasteiger partial charge in [0.25, 0.3) is 0 Å². The van der Waals surface area contributed by atoms with E-state index in [9.17, 15) is 4.39 Å². The molecule has 1 aromatic rings. The Hall–Kier alpha value is -1.09. The average molecular weight is 169 g/mol. The molecule has 12 heavy (non-hydrogen) atoms. The fourth-order valence-corrected chi connectivity index (χ4v) is 1.13. The summed E-state index contributed by atoms with van der Waals surface area (Å²) >= 11 is 0. The van der Waals surface area contributed by atoms with Gasteiger partial charge in [-0.3, -0.25) is 10.7 Å². The van der Waals surface area contributed by atoms with E-state index in [0.717, 1.165) is 5.56 Å². The highest BCUT2D eigenvalue weighted by Crippen LogP contribution is 2.24. The van der Waals surface area contributed by atoms with Gasteiger partial charge in [-0.1, -0.05) is 19.9 Å². The smallest absolute Gasteiger partial charge is 0.125 e. The predicted octanol–water partition coefficient (Wildman–Crippen LogP) is 2.75. The number of anilines is 1. The van der Waals surface area contributed by atoms with Gasteiger partial charge in [-0.15, -0.1) is 0 Å². The van der Waals surface area contributed by atoms with Crippen molar-refractivity contribution in [1.29, 1.82) is 0 Å². The van der Waals surface area contributed by atoms with Gasteiger partial charge in [-0.25, -0.2) is 4.39 Å². The minimum atomic E-state index is -0.351. The standard InChI is InChI=1S/C9H12FNO/c1-6(2)8-4-3-7(10)5-9(8)11-12/h3-6,11-12H,1-2H3. The number of rotatable bonds is 2. The van der Waals surface area contributed by atoms with E-state index in [1.54, 1.807) is 6.07 Å². The van der Waals surface area contributed by atoms with E-state index in [2.05, 4.69) is 0 Å². The summed E-state index contributed by atoms with van der Waals surface area (Å²) in [6.45, 7) is 3.96. The zero-order chi connectivity index (χ0) is 9.14. The highest BCUT2D eigenvalue weighted by atomic mass is 19.1. The summed E-state index contributed by atoms with van der Waals surface area (Å²) in [6.07, 6.45) is 0. The van der Waals surface area contributed by atoms with Crippen LogP contribution in [0.15, 0.2) is 18.2 Å². The van der Waals surface area contributed by atoms with E-state index in [1.165, 1.54) is 12.1 Å². The van der Waals surface area contributed by atoms with Crippen LogP contribution in [0.4, 0.5) is 10.1 Å². The average Bonchev–Trinajstić information content (AvgIpc) is 2.03. The Bertz CT molecular complexity index is 273. The van der Waals surface area contributed by atoms with Gasteiger partial charge in [0.15, 0.2) is 0 Å². The first-order valence-electron chi connectivity index (χ1n) is 3.84. The number of halogens is 1. The molecule has 0 aliphatic rings. The van der Waals surface area contributed by atoms with Crippen molar-refractivity contribution >= 4 is 5.69 Å². The highest BCUT2D eigenvalue weighted by molar-refractivity contribution is 5.50. The lowest BCUT2D eigenvalue weighted by Crippen LogP contribution is -1.98. The third-order valence-electron chi connectivity index (χ3n) is 1.76. The summed E-state index contributed by atoms with van der Waals surface area (Å²) in [4.78, 5) is 0. The molecule has 0 radical (unpaired) electrons. The van der Waals surface area contributed by atoms with Gasteiger partial charge in [0, 0.05) is 0 Å². The summed E-state index contributed by atoms with van der Waals surface area (Å²) in [7, 11) is 0. The Morgan fingerprint density at radius 2 is 2.08 bits per heavy atom. The molecule has 0 spiro atoms. The molecule has 0 atom stereocenters. The molecule has 1 aromatic carbocycles. The molecule has 0 unspecified atom stereocenters. The molecule has 3 heteroatoms. The maximum Gasteiger partial charge on any atom is 0.125 e. The van der Waals surface area contributed by atoms with Gasteiger partial charge in [0.1, 0.15) is 5.82 Å². The molecule has 0 saturated carbocycles. The van der Waals surface area contributed by atoms with Crippen LogP contribution in [-0.4, -0.2) is 5.21 Å². The molecule has 0 amide bonds. The van der Waals surface area contributed by atoms with Crippen LogP contribution in [0.1, 0.15) is 25.3 Å². The van der Waals surface area contributed by atoms with Crippen LogP contribution < -0.4 is 5.48 Å². The van der Waals surface area contributed by atoms with E-state index in [4.69, 9.17) is 5.21 Å². The zero-order valence-corrected chi connectivity index (χ0v) is 7.13. The first kappa shape index (κ1) is 9.00. The Labute approximate surface area is 71.0 Å². The molecule has 2 N–H and O–H groups in total. The fourth-order valence-electron chi connectivity index (χ4n) is 1.13. The molecule has 2 nitrogen and oxygen atoms in total. The molecule has 0 saturated heterocycles. The molecule has 0 aliphatic heterocycles. The van der Waals surface area contributed by atoms with E-state index < -0.39 is 0 Å². The largest absolute Gasteiger partial charge is 0.291 e. The maximum atomic E-state index is 12.6. The van der Waals surface area contributed by atoms with E-state index in [1.807, 2.05) is 19.3 Å². The Morgan fingerprint density at radius 3 is 2.58 bits per heavy atom. The van der Waals surface area contributed by atoms with Crippen LogP contribution >= 0.6 is 0 Å². The Morgan fingerprint density at radius 1 is 1.42 bits per heavy atom. The topological polar surface area (TPSA) is 32.3 Å². The minimum absolute atomic E-state index is 0.264. The van der Waals surface area contributed by atoms with Crippen molar-refractivity contribution in [1.82, 2.24) is 0 Å². The van der Waals surface area contributed by atoms with Crippen LogP contribution in [0.3, 0.4) is 0 Å². The Kier molecular flexibility index (Phi) is 2.65. The molecule has 66 valence electrons. The molecular formula is C9H12FNO. The van der Waals surface area contributed by atoms with Gasteiger partial charge in [0.2, 0.25) is 0 Å². The lowest BCUT2D eigenvalue weighted by Gasteiger charge is -2.10. The van der Waals surface area contributed by atoms with Gasteiger partial charge in [-0.2, -0.15) is 0 Å². The first-order valence-corrected chi connectivity index (χ1v) is 3.84. The normalized spacial score (nSPS) is 10.4. The molecule has 0 bridgehead atoms. The van der Waals surface area contributed by atoms with Crippen molar-refractivity contribution in [2.75, 3.05) is 5.48 Å². The highest BCUT2D eigenvalue weighted by Gasteiger charge is 2.06. The summed E-state index contributed by atoms with van der Waals surface area (Å²) < 4.78 is 12.6. The summed E-state index contributed by atoms with van der Waals surface area (Å²) in [5.74, 6) is -0.0869. The van der Waals surface area contributed by atoms with Crippen LogP contribution in [0.2, 0.25) is 0 Å². The molecule has 0 fully saturated rings. The number of nitrogens with one attached hydrogen (secondary N) is 1. The van der Waals surface area contributed by atoms with Crippen LogP contribution in [0, 0.1) is 5.82 Å². The summed E-state index contributed by atoms with van der Waals surface area (Å²) in [6, 6.07) is 4.32. The third-order valence-corrected chi connectivity index (χ3v) is 1.76. The van der Waals surface area contributed by atoms with Gasteiger partial charge in [0.05, 0.1) is 5.69 Å². The van der Waals surface area contributed by atoms with Crippen molar-refractivity contribution in [2.24, 2.45) is 0 Å². The van der Waals surface area contributed by atoms with Crippen molar-refractivity contribution in [3.8, 4) is 0 Å². The van der Waals surface area contributed by atoms with E-state index in [0.29, 0.717) is 5.69 Å².